The van der Waals surface area contributed by atoms with Gasteiger partial charge in [0.2, 0.25) is 0 Å². The molecule has 4 rings (SSSR count). The van der Waals surface area contributed by atoms with Gasteiger partial charge in [-0.1, -0.05) is 25.7 Å². The third-order valence-corrected chi connectivity index (χ3v) is 6.35. The molecule has 1 unspecified atom stereocenters. The molecule has 0 bridgehead atoms. The van der Waals surface area contributed by atoms with Crippen LogP contribution in [-0.4, -0.2) is 21.8 Å². The Kier molecular flexibility index (Phi) is 5.62. The van der Waals surface area contributed by atoms with Gasteiger partial charge in [-0.2, -0.15) is 0 Å². The molecule has 30 heavy (non-hydrogen) atoms. The van der Waals surface area contributed by atoms with E-state index in [1.54, 1.807) is 6.92 Å². The summed E-state index contributed by atoms with van der Waals surface area (Å²) in [4.78, 5) is 26.8. The summed E-state index contributed by atoms with van der Waals surface area (Å²) in [5, 5.41) is 14.3. The number of anilines is 2. The summed E-state index contributed by atoms with van der Waals surface area (Å²) in [7, 11) is 0. The lowest BCUT2D eigenvalue weighted by atomic mass is 9.87. The normalized spacial score (nSPS) is 15.4. The molecule has 1 saturated carbocycles. The molecule has 1 heterocycles. The minimum atomic E-state index is -0.742. The third kappa shape index (κ3) is 4.11. The van der Waals surface area contributed by atoms with Gasteiger partial charge in [-0.05, 0) is 73.7 Å². The predicted octanol–water partition coefficient (Wildman–Crippen LogP) is 6.17. The molecular weight excluding hydrogens is 376 g/mol. The number of aliphatic carboxylic acids is 1. The van der Waals surface area contributed by atoms with Crippen molar-refractivity contribution < 1.29 is 14.7 Å². The number of fused-ring (bicyclic) bond motifs is 1. The van der Waals surface area contributed by atoms with Crippen LogP contribution < -0.4 is 5.32 Å². The quantitative estimate of drug-likeness (QED) is 0.411. The van der Waals surface area contributed by atoms with Crippen molar-refractivity contribution in [2.24, 2.45) is 5.92 Å². The molecule has 0 spiro atoms. The molecule has 156 valence electrons. The van der Waals surface area contributed by atoms with Gasteiger partial charge in [-0.15, -0.1) is 0 Å². The molecule has 3 N–H and O–H groups in total. The van der Waals surface area contributed by atoms with Crippen LogP contribution in [0.1, 0.15) is 66.4 Å². The van der Waals surface area contributed by atoms with Crippen LogP contribution in [0.25, 0.3) is 10.9 Å². The Balaban J connectivity index is 1.61. The second kappa shape index (κ2) is 8.34. The first kappa shape index (κ1) is 20.2. The lowest BCUT2D eigenvalue weighted by molar-refractivity contribution is -0.139. The lowest BCUT2D eigenvalue weighted by Gasteiger charge is -2.17. The zero-order valence-electron chi connectivity index (χ0n) is 17.5. The number of hydrogen-bond donors (Lipinski definition) is 3. The molecule has 0 saturated heterocycles. The third-order valence-electron chi connectivity index (χ3n) is 6.35. The maximum Gasteiger partial charge on any atom is 0.311 e. The fourth-order valence-electron chi connectivity index (χ4n) is 4.61. The number of carboxylic acids is 1. The minimum Gasteiger partial charge on any atom is -0.481 e. The van der Waals surface area contributed by atoms with Crippen molar-refractivity contribution in [2.75, 3.05) is 5.32 Å². The van der Waals surface area contributed by atoms with Crippen LogP contribution in [0.15, 0.2) is 42.6 Å². The highest BCUT2D eigenvalue weighted by molar-refractivity contribution is 5.95. The lowest BCUT2D eigenvalue weighted by Crippen LogP contribution is -2.14. The number of carboxylic acid groups (broad SMARTS) is 1. The first-order valence-electron chi connectivity index (χ1n) is 10.6. The van der Waals surface area contributed by atoms with Crippen LogP contribution in [0.2, 0.25) is 0 Å². The molecule has 1 aliphatic carbocycles. The number of hydrogen-bond acceptors (Lipinski definition) is 3. The van der Waals surface area contributed by atoms with Crippen molar-refractivity contribution in [3.63, 3.8) is 0 Å². The molecule has 1 aliphatic rings. The van der Waals surface area contributed by atoms with Gasteiger partial charge in [0.15, 0.2) is 5.78 Å². The summed E-state index contributed by atoms with van der Waals surface area (Å²) in [5.41, 5.74) is 5.39. The Morgan fingerprint density at radius 2 is 1.87 bits per heavy atom. The second-order valence-electron chi connectivity index (χ2n) is 8.49. The molecule has 1 aromatic heterocycles. The van der Waals surface area contributed by atoms with E-state index in [2.05, 4.69) is 16.4 Å². The van der Waals surface area contributed by atoms with Gasteiger partial charge in [-0.3, -0.25) is 9.59 Å². The number of carbonyl (C=O) groups excluding carboxylic acids is 1. The highest BCUT2D eigenvalue weighted by Gasteiger charge is 2.28. The van der Waals surface area contributed by atoms with E-state index in [9.17, 15) is 14.7 Å². The van der Waals surface area contributed by atoms with Crippen LogP contribution >= 0.6 is 0 Å². The van der Waals surface area contributed by atoms with Gasteiger partial charge in [0.1, 0.15) is 0 Å². The van der Waals surface area contributed by atoms with Crippen molar-refractivity contribution in [1.82, 2.24) is 4.98 Å². The van der Waals surface area contributed by atoms with Crippen molar-refractivity contribution in [2.45, 2.75) is 51.9 Å². The number of aromatic amines is 1. The largest absolute Gasteiger partial charge is 0.481 e. The maximum absolute atomic E-state index is 12.0. The van der Waals surface area contributed by atoms with E-state index < -0.39 is 11.9 Å². The first-order chi connectivity index (χ1) is 14.4. The number of nitrogens with one attached hydrogen (secondary N) is 2. The van der Waals surface area contributed by atoms with Gasteiger partial charge in [0, 0.05) is 34.0 Å². The predicted molar refractivity (Wildman–Crippen MR) is 120 cm³/mol. The molecule has 1 atom stereocenters. The number of benzene rings is 2. The summed E-state index contributed by atoms with van der Waals surface area (Å²) in [5.74, 6) is -0.660. The summed E-state index contributed by atoms with van der Waals surface area (Å²) in [6.45, 7) is 3.58. The Morgan fingerprint density at radius 3 is 2.50 bits per heavy atom. The zero-order valence-corrected chi connectivity index (χ0v) is 17.5. The van der Waals surface area contributed by atoms with E-state index >= 15 is 0 Å². The molecule has 5 heteroatoms. The number of aryl methyl sites for hydroxylation is 1. The number of Topliss-reactive ketones (excluding diaryl/α,β-unsaturated/α-hetero) is 1. The molecule has 1 fully saturated rings. The van der Waals surface area contributed by atoms with Gasteiger partial charge < -0.3 is 15.4 Å². The molecule has 0 aliphatic heterocycles. The molecule has 5 nitrogen and oxygen atoms in total. The van der Waals surface area contributed by atoms with Crippen molar-refractivity contribution in [1.29, 1.82) is 0 Å². The number of ketones is 1. The van der Waals surface area contributed by atoms with E-state index in [1.807, 2.05) is 43.5 Å². The van der Waals surface area contributed by atoms with Crippen molar-refractivity contribution >= 4 is 34.0 Å². The van der Waals surface area contributed by atoms with Crippen molar-refractivity contribution in [3.05, 3.63) is 59.3 Å². The van der Waals surface area contributed by atoms with E-state index in [0.717, 1.165) is 46.2 Å². The van der Waals surface area contributed by atoms with Crippen LogP contribution in [0, 0.1) is 12.8 Å². The monoisotopic (exact) mass is 404 g/mol. The zero-order chi connectivity index (χ0) is 21.3. The number of rotatable bonds is 7. The molecular formula is C25H28N2O3. The van der Waals surface area contributed by atoms with E-state index in [0.29, 0.717) is 17.9 Å². The average molecular weight is 405 g/mol. The van der Waals surface area contributed by atoms with Crippen LogP contribution in [0.3, 0.4) is 0 Å². The fraction of sp³-hybridized carbons (Fsp3) is 0.360. The summed E-state index contributed by atoms with van der Waals surface area (Å²) >= 11 is 0. The molecule has 0 amide bonds. The van der Waals surface area contributed by atoms with Crippen molar-refractivity contribution in [3.8, 4) is 0 Å². The smallest absolute Gasteiger partial charge is 0.311 e. The number of aromatic nitrogens is 1. The highest BCUT2D eigenvalue weighted by atomic mass is 16.4. The first-order valence-corrected chi connectivity index (χ1v) is 10.6. The second-order valence-corrected chi connectivity index (χ2v) is 8.49. The highest BCUT2D eigenvalue weighted by Crippen LogP contribution is 2.38. The van der Waals surface area contributed by atoms with Crippen LogP contribution in [-0.2, 0) is 4.79 Å². The Morgan fingerprint density at radius 1 is 1.17 bits per heavy atom. The van der Waals surface area contributed by atoms with E-state index in [1.165, 1.54) is 12.8 Å². The topological polar surface area (TPSA) is 82.2 Å². The standard InChI is InChI=1S/C25H28N2O3/c1-15-11-20-22(21(25(29)30)12-17-5-3-4-6-17)14-26-24(20)13-23(15)27-19-9-7-18(8-10-19)16(2)28/h7-11,13-14,17,21,26-27H,3-6,12H2,1-2H3,(H,29,30). The van der Waals surface area contributed by atoms with E-state index in [4.69, 9.17) is 0 Å². The van der Waals surface area contributed by atoms with Gasteiger partial charge >= 0.3 is 5.97 Å². The number of H-pyrrole nitrogens is 1. The van der Waals surface area contributed by atoms with E-state index in [-0.39, 0.29) is 5.78 Å². The summed E-state index contributed by atoms with van der Waals surface area (Å²) in [6, 6.07) is 11.5. The van der Waals surface area contributed by atoms with Gasteiger partial charge in [0.05, 0.1) is 5.92 Å². The van der Waals surface area contributed by atoms with Gasteiger partial charge in [-0.25, -0.2) is 0 Å². The Hall–Kier alpha value is -3.08. The minimum absolute atomic E-state index is 0.0450. The summed E-state index contributed by atoms with van der Waals surface area (Å²) < 4.78 is 0. The van der Waals surface area contributed by atoms with Gasteiger partial charge in [0.25, 0.3) is 0 Å². The Labute approximate surface area is 176 Å². The fourth-order valence-corrected chi connectivity index (χ4v) is 4.61. The summed E-state index contributed by atoms with van der Waals surface area (Å²) in [6.07, 6.45) is 7.29. The number of carbonyl (C=O) groups is 2. The SMILES string of the molecule is CC(=O)c1ccc(Nc2cc3[nH]cc(C(CC4CCCC4)C(=O)O)c3cc2C)cc1. The molecule has 0 radical (unpaired) electrons. The maximum atomic E-state index is 12.0. The van der Waals surface area contributed by atoms with Crippen LogP contribution in [0.4, 0.5) is 11.4 Å². The molecule has 3 aromatic rings. The van der Waals surface area contributed by atoms with Crippen LogP contribution in [0.5, 0.6) is 0 Å². The average Bonchev–Trinajstić information content (AvgIpc) is 3.36. The molecule has 2 aromatic carbocycles. The Bertz CT molecular complexity index is 1080.